The van der Waals surface area contributed by atoms with Gasteiger partial charge in [-0.3, -0.25) is 0 Å². The molecule has 1 fully saturated rings. The number of sulfone groups is 1. The molecule has 3 rings (SSSR count). The number of rotatable bonds is 4. The Morgan fingerprint density at radius 2 is 2.10 bits per heavy atom. The molecule has 0 aromatic heterocycles. The third-order valence-electron chi connectivity index (χ3n) is 4.23. The van der Waals surface area contributed by atoms with E-state index in [9.17, 15) is 12.8 Å². The Balaban J connectivity index is 1.84. The lowest BCUT2D eigenvalue weighted by atomic mass is 10.0. The van der Waals surface area contributed by atoms with Crippen molar-refractivity contribution in [1.29, 1.82) is 0 Å². The zero-order chi connectivity index (χ0) is 14.3. The van der Waals surface area contributed by atoms with E-state index < -0.39 is 9.84 Å². The van der Waals surface area contributed by atoms with E-state index in [4.69, 9.17) is 0 Å². The molecule has 20 heavy (non-hydrogen) atoms. The summed E-state index contributed by atoms with van der Waals surface area (Å²) >= 11 is 0. The van der Waals surface area contributed by atoms with Gasteiger partial charge in [-0.2, -0.15) is 0 Å². The van der Waals surface area contributed by atoms with E-state index >= 15 is 0 Å². The molecule has 2 unspecified atom stereocenters. The first-order chi connectivity index (χ1) is 9.45. The Labute approximate surface area is 119 Å². The van der Waals surface area contributed by atoms with Gasteiger partial charge in [0.25, 0.3) is 0 Å². The van der Waals surface area contributed by atoms with E-state index in [1.54, 1.807) is 0 Å². The number of fused-ring (bicyclic) bond motifs is 1. The number of halogens is 1. The molecule has 1 N–H and O–H groups in total. The summed E-state index contributed by atoms with van der Waals surface area (Å²) in [5, 5.41) is 3.48. The second-order valence-corrected chi connectivity index (χ2v) is 8.17. The molecule has 0 bridgehead atoms. The fourth-order valence-electron chi connectivity index (χ4n) is 3.05. The number of nitrogens with one attached hydrogen (secondary N) is 1. The topological polar surface area (TPSA) is 46.2 Å². The van der Waals surface area contributed by atoms with E-state index in [0.717, 1.165) is 12.3 Å². The molecule has 0 saturated heterocycles. The van der Waals surface area contributed by atoms with Crippen molar-refractivity contribution in [1.82, 2.24) is 5.32 Å². The monoisotopic (exact) mass is 297 g/mol. The Hall–Kier alpha value is -0.940. The van der Waals surface area contributed by atoms with Crippen LogP contribution in [0.2, 0.25) is 0 Å². The molecule has 1 aliphatic carbocycles. The normalized spacial score (nSPS) is 26.0. The Morgan fingerprint density at radius 1 is 1.35 bits per heavy atom. The average Bonchev–Trinajstić information content (AvgIpc) is 3.16. The summed E-state index contributed by atoms with van der Waals surface area (Å²) in [5.74, 6) is 0.582. The van der Waals surface area contributed by atoms with E-state index in [0.29, 0.717) is 22.9 Å². The minimum atomic E-state index is -3.24. The van der Waals surface area contributed by atoms with Crippen LogP contribution in [-0.4, -0.2) is 20.2 Å². The lowest BCUT2D eigenvalue weighted by molar-refractivity contribution is 0.402. The van der Waals surface area contributed by atoms with Gasteiger partial charge in [-0.25, -0.2) is 12.8 Å². The maximum absolute atomic E-state index is 13.5. The largest absolute Gasteiger partial charge is 0.307 e. The Morgan fingerprint density at radius 3 is 2.80 bits per heavy atom. The van der Waals surface area contributed by atoms with Crippen LogP contribution in [0.15, 0.2) is 23.1 Å². The second kappa shape index (κ2) is 5.11. The standard InChI is InChI=1S/C15H20FNO2S/c1-10(8-11-2-3-11)17-14-6-7-20(18,19)15-5-4-12(16)9-13(14)15/h4-5,9-11,14,17H,2-3,6-8H2,1H3. The van der Waals surface area contributed by atoms with E-state index in [2.05, 4.69) is 12.2 Å². The summed E-state index contributed by atoms with van der Waals surface area (Å²) in [4.78, 5) is 0.293. The zero-order valence-corrected chi connectivity index (χ0v) is 12.4. The predicted molar refractivity (Wildman–Crippen MR) is 75.7 cm³/mol. The predicted octanol–water partition coefficient (Wildman–Crippen LogP) is 2.82. The number of benzene rings is 1. The average molecular weight is 297 g/mol. The van der Waals surface area contributed by atoms with Crippen molar-refractivity contribution in [3.05, 3.63) is 29.6 Å². The lowest BCUT2D eigenvalue weighted by Crippen LogP contribution is -2.35. The van der Waals surface area contributed by atoms with Crippen LogP contribution in [0.1, 0.15) is 44.2 Å². The van der Waals surface area contributed by atoms with Crippen LogP contribution < -0.4 is 5.32 Å². The summed E-state index contributed by atoms with van der Waals surface area (Å²) in [6, 6.07) is 4.28. The van der Waals surface area contributed by atoms with Crippen LogP contribution >= 0.6 is 0 Å². The van der Waals surface area contributed by atoms with Gasteiger partial charge in [-0.15, -0.1) is 0 Å². The SMILES string of the molecule is CC(CC1CC1)NC1CCS(=O)(=O)c2ccc(F)cc21. The Bertz CT molecular complexity index is 610. The number of hydrogen-bond donors (Lipinski definition) is 1. The molecule has 1 saturated carbocycles. The number of hydrogen-bond acceptors (Lipinski definition) is 3. The van der Waals surface area contributed by atoms with E-state index in [-0.39, 0.29) is 17.6 Å². The first-order valence-corrected chi connectivity index (χ1v) is 8.89. The highest BCUT2D eigenvalue weighted by Gasteiger charge is 2.32. The summed E-state index contributed by atoms with van der Waals surface area (Å²) in [5.41, 5.74) is 0.596. The zero-order valence-electron chi connectivity index (χ0n) is 11.6. The molecule has 0 radical (unpaired) electrons. The van der Waals surface area contributed by atoms with E-state index in [1.165, 1.54) is 31.0 Å². The van der Waals surface area contributed by atoms with Crippen LogP contribution in [-0.2, 0) is 9.84 Å². The molecule has 0 spiro atoms. The highest BCUT2D eigenvalue weighted by molar-refractivity contribution is 7.91. The molecule has 0 amide bonds. The maximum atomic E-state index is 13.5. The minimum Gasteiger partial charge on any atom is -0.307 e. The van der Waals surface area contributed by atoms with Crippen molar-refractivity contribution in [3.8, 4) is 0 Å². The van der Waals surface area contributed by atoms with Gasteiger partial charge in [0, 0.05) is 12.1 Å². The van der Waals surface area contributed by atoms with Crippen LogP contribution in [0.3, 0.4) is 0 Å². The minimum absolute atomic E-state index is 0.0574. The molecular formula is C15H20FNO2S. The van der Waals surface area contributed by atoms with Gasteiger partial charge in [0.05, 0.1) is 10.6 Å². The third-order valence-corrected chi connectivity index (χ3v) is 6.04. The molecular weight excluding hydrogens is 277 g/mol. The van der Waals surface area contributed by atoms with Gasteiger partial charge < -0.3 is 5.32 Å². The summed E-state index contributed by atoms with van der Waals surface area (Å²) in [6.07, 6.45) is 4.24. The van der Waals surface area contributed by atoms with Crippen LogP contribution in [0.25, 0.3) is 0 Å². The van der Waals surface area contributed by atoms with Crippen LogP contribution in [0, 0.1) is 11.7 Å². The molecule has 2 atom stereocenters. The second-order valence-electron chi connectivity index (χ2n) is 6.09. The van der Waals surface area contributed by atoms with Crippen LogP contribution in [0.4, 0.5) is 4.39 Å². The molecule has 2 aliphatic rings. The van der Waals surface area contributed by atoms with Crippen molar-refractivity contribution in [2.24, 2.45) is 5.92 Å². The maximum Gasteiger partial charge on any atom is 0.178 e. The molecule has 1 aliphatic heterocycles. The van der Waals surface area contributed by atoms with Crippen molar-refractivity contribution < 1.29 is 12.8 Å². The smallest absolute Gasteiger partial charge is 0.178 e. The quantitative estimate of drug-likeness (QED) is 0.869. The van der Waals surface area contributed by atoms with Gasteiger partial charge in [0.2, 0.25) is 0 Å². The van der Waals surface area contributed by atoms with Gasteiger partial charge in [-0.1, -0.05) is 12.8 Å². The van der Waals surface area contributed by atoms with Gasteiger partial charge in [0.15, 0.2) is 9.84 Å². The van der Waals surface area contributed by atoms with Gasteiger partial charge in [-0.05, 0) is 49.4 Å². The first kappa shape index (κ1) is 14.0. The highest BCUT2D eigenvalue weighted by Crippen LogP contribution is 2.36. The Kier molecular flexibility index (Phi) is 3.58. The van der Waals surface area contributed by atoms with E-state index in [1.807, 2.05) is 0 Å². The third kappa shape index (κ3) is 2.88. The van der Waals surface area contributed by atoms with Crippen molar-refractivity contribution in [2.75, 3.05) is 5.75 Å². The molecule has 3 nitrogen and oxygen atoms in total. The molecule has 1 heterocycles. The van der Waals surface area contributed by atoms with Gasteiger partial charge >= 0.3 is 0 Å². The van der Waals surface area contributed by atoms with Crippen molar-refractivity contribution >= 4 is 9.84 Å². The summed E-state index contributed by atoms with van der Waals surface area (Å²) in [7, 11) is -3.24. The highest BCUT2D eigenvalue weighted by atomic mass is 32.2. The van der Waals surface area contributed by atoms with Crippen molar-refractivity contribution in [2.45, 2.75) is 49.6 Å². The van der Waals surface area contributed by atoms with Gasteiger partial charge in [0.1, 0.15) is 5.82 Å². The summed E-state index contributed by atoms with van der Waals surface area (Å²) in [6.45, 7) is 2.13. The molecule has 1 aromatic carbocycles. The molecule has 110 valence electrons. The summed E-state index contributed by atoms with van der Waals surface area (Å²) < 4.78 is 37.6. The lowest BCUT2D eigenvalue weighted by Gasteiger charge is -2.29. The fourth-order valence-corrected chi connectivity index (χ4v) is 4.65. The van der Waals surface area contributed by atoms with Crippen molar-refractivity contribution in [3.63, 3.8) is 0 Å². The molecule has 1 aromatic rings. The fraction of sp³-hybridized carbons (Fsp3) is 0.600. The van der Waals surface area contributed by atoms with Crippen LogP contribution in [0.5, 0.6) is 0 Å². The first-order valence-electron chi connectivity index (χ1n) is 7.24. The molecule has 5 heteroatoms.